The molecule has 0 bridgehead atoms. The van der Waals surface area contributed by atoms with E-state index in [2.05, 4.69) is 4.90 Å². The maximum atomic E-state index is 11.4. The van der Waals surface area contributed by atoms with Gasteiger partial charge in [-0.2, -0.15) is 0 Å². The number of hydrogen-bond donors (Lipinski definition) is 0. The van der Waals surface area contributed by atoms with Gasteiger partial charge in [-0.25, -0.2) is 0 Å². The molecule has 2 fully saturated rings. The van der Waals surface area contributed by atoms with Crippen molar-refractivity contribution in [1.29, 1.82) is 0 Å². The van der Waals surface area contributed by atoms with Crippen LogP contribution in [-0.2, 0) is 4.79 Å². The minimum absolute atomic E-state index is 0.150. The normalized spacial score (nSPS) is 21.4. The summed E-state index contributed by atoms with van der Waals surface area (Å²) in [6.07, 6.45) is 5.37. The summed E-state index contributed by atoms with van der Waals surface area (Å²) in [4.78, 5) is 15.7. The van der Waals surface area contributed by atoms with Crippen molar-refractivity contribution in [1.82, 2.24) is 9.80 Å². The fourth-order valence-electron chi connectivity index (χ4n) is 3.71. The van der Waals surface area contributed by atoms with Crippen molar-refractivity contribution in [3.8, 4) is 11.5 Å². The Morgan fingerprint density at radius 1 is 1.15 bits per heavy atom. The number of ether oxygens (including phenoxy) is 2. The Kier molecular flexibility index (Phi) is 7.97. The Balaban J connectivity index is 1.35. The van der Waals surface area contributed by atoms with Crippen LogP contribution in [0.4, 0.5) is 0 Å². The Morgan fingerprint density at radius 3 is 2.52 bits per heavy atom. The quantitative estimate of drug-likeness (QED) is 0.600. The Morgan fingerprint density at radius 2 is 1.85 bits per heavy atom. The summed E-state index contributed by atoms with van der Waals surface area (Å²) in [6.45, 7) is 6.06. The number of hydrogen-bond acceptors (Lipinski definition) is 5. The molecular weight excluding hydrogens is 384 g/mol. The van der Waals surface area contributed by atoms with E-state index in [9.17, 15) is 4.79 Å². The van der Waals surface area contributed by atoms with Gasteiger partial charge in [-0.05, 0) is 71.7 Å². The van der Waals surface area contributed by atoms with E-state index in [1.807, 2.05) is 29.2 Å². The molecule has 0 saturated carbocycles. The molecule has 5 nitrogen and oxygen atoms in total. The van der Waals surface area contributed by atoms with Gasteiger partial charge in [-0.15, -0.1) is 0 Å². The van der Waals surface area contributed by atoms with E-state index in [0.29, 0.717) is 12.0 Å². The van der Waals surface area contributed by atoms with Crippen LogP contribution in [0.25, 0.3) is 0 Å². The summed E-state index contributed by atoms with van der Waals surface area (Å²) in [6, 6.07) is 7.86. The first-order chi connectivity index (χ1) is 13.2. The smallest absolute Gasteiger partial charge is 0.219 e. The summed E-state index contributed by atoms with van der Waals surface area (Å²) in [5, 5.41) is 0.463. The molecule has 0 radical (unpaired) electrons. The average molecular weight is 413 g/mol. The van der Waals surface area contributed by atoms with Crippen LogP contribution in [0.2, 0.25) is 0 Å². The zero-order chi connectivity index (χ0) is 19.1. The van der Waals surface area contributed by atoms with Crippen LogP contribution in [0.5, 0.6) is 11.5 Å². The van der Waals surface area contributed by atoms with Crippen molar-refractivity contribution < 1.29 is 14.3 Å². The number of likely N-dealkylation sites (tertiary alicyclic amines) is 2. The summed E-state index contributed by atoms with van der Waals surface area (Å²) < 4.78 is 11.9. The molecule has 2 aliphatic heterocycles. The van der Waals surface area contributed by atoms with Gasteiger partial charge in [0.1, 0.15) is 17.6 Å². The second-order valence-electron chi connectivity index (χ2n) is 7.22. The zero-order valence-electron chi connectivity index (χ0n) is 15.9. The molecule has 2 aliphatic rings. The van der Waals surface area contributed by atoms with Crippen molar-refractivity contribution in [3.63, 3.8) is 0 Å². The fourth-order valence-corrected chi connectivity index (χ4v) is 4.89. The van der Waals surface area contributed by atoms with Crippen LogP contribution < -0.4 is 9.47 Å². The second-order valence-corrected chi connectivity index (χ2v) is 8.48. The highest BCUT2D eigenvalue weighted by Crippen LogP contribution is 2.29. The number of amides is 1. The Bertz CT molecular complexity index is 593. The van der Waals surface area contributed by atoms with Gasteiger partial charge in [0.15, 0.2) is 0 Å². The molecule has 1 aromatic rings. The van der Waals surface area contributed by atoms with E-state index >= 15 is 0 Å². The van der Waals surface area contributed by atoms with E-state index in [1.165, 1.54) is 23.8 Å². The van der Waals surface area contributed by atoms with Gasteiger partial charge in [0.25, 0.3) is 0 Å². The molecule has 0 spiro atoms. The van der Waals surface area contributed by atoms with Gasteiger partial charge in [0.05, 0.1) is 12.0 Å². The zero-order valence-corrected chi connectivity index (χ0v) is 17.5. The molecule has 3 rings (SSSR count). The van der Waals surface area contributed by atoms with Crippen molar-refractivity contribution in [2.45, 2.75) is 50.5 Å². The van der Waals surface area contributed by atoms with Crippen molar-refractivity contribution in [2.24, 2.45) is 0 Å². The maximum absolute atomic E-state index is 11.4. The van der Waals surface area contributed by atoms with E-state index in [-0.39, 0.29) is 12.0 Å². The SMILES string of the molecule is CC(=O)N1CCC(Oc2ccc(OCCCN3CCCC3SCl)cc2)CC1. The third-order valence-corrected chi connectivity index (χ3v) is 6.64. The van der Waals surface area contributed by atoms with Crippen LogP contribution in [-0.4, -0.2) is 60.0 Å². The number of benzene rings is 1. The summed E-state index contributed by atoms with van der Waals surface area (Å²) in [5.74, 6) is 1.89. The van der Waals surface area contributed by atoms with Crippen LogP contribution >= 0.6 is 21.7 Å². The summed E-state index contributed by atoms with van der Waals surface area (Å²) in [7, 11) is 7.37. The fraction of sp³-hybridized carbons (Fsp3) is 0.650. The molecule has 1 aromatic carbocycles. The largest absolute Gasteiger partial charge is 0.494 e. The van der Waals surface area contributed by atoms with Crippen LogP contribution in [0.3, 0.4) is 0 Å². The van der Waals surface area contributed by atoms with Gasteiger partial charge in [-0.1, -0.05) is 0 Å². The van der Waals surface area contributed by atoms with Gasteiger partial charge < -0.3 is 14.4 Å². The standard InChI is InChI=1S/C20H29ClN2O3S/c1-16(24)22-13-9-19(10-14-22)26-18-7-5-17(6-8-18)25-15-3-12-23-11-2-4-20(23)27-21/h5-8,19-20H,2-4,9-15H2,1H3. The third-order valence-electron chi connectivity index (χ3n) is 5.28. The topological polar surface area (TPSA) is 42.0 Å². The number of rotatable bonds is 8. The lowest BCUT2D eigenvalue weighted by Crippen LogP contribution is -2.40. The molecule has 1 unspecified atom stereocenters. The van der Waals surface area contributed by atoms with Crippen LogP contribution in [0, 0.1) is 0 Å². The molecule has 27 heavy (non-hydrogen) atoms. The number of piperidine rings is 1. The number of carbonyl (C=O) groups is 1. The number of halogens is 1. The van der Waals surface area contributed by atoms with Crippen LogP contribution in [0.15, 0.2) is 24.3 Å². The number of carbonyl (C=O) groups excluding carboxylic acids is 1. The highest BCUT2D eigenvalue weighted by atomic mass is 35.7. The summed E-state index contributed by atoms with van der Waals surface area (Å²) >= 11 is 0. The van der Waals surface area contributed by atoms with E-state index < -0.39 is 0 Å². The molecule has 2 heterocycles. The maximum Gasteiger partial charge on any atom is 0.219 e. The first-order valence-corrected chi connectivity index (χ1v) is 11.5. The molecule has 2 saturated heterocycles. The molecule has 1 amide bonds. The lowest BCUT2D eigenvalue weighted by atomic mass is 10.1. The molecule has 1 atom stereocenters. The van der Waals surface area contributed by atoms with E-state index in [0.717, 1.165) is 56.9 Å². The van der Waals surface area contributed by atoms with E-state index in [4.69, 9.17) is 20.2 Å². The lowest BCUT2D eigenvalue weighted by molar-refractivity contribution is -0.130. The highest BCUT2D eigenvalue weighted by molar-refractivity contribution is 8.21. The molecule has 0 aliphatic carbocycles. The molecule has 0 aromatic heterocycles. The van der Waals surface area contributed by atoms with Crippen molar-refractivity contribution in [3.05, 3.63) is 24.3 Å². The predicted octanol–water partition coefficient (Wildman–Crippen LogP) is 4.15. The van der Waals surface area contributed by atoms with Crippen molar-refractivity contribution >= 4 is 27.6 Å². The average Bonchev–Trinajstić information content (AvgIpc) is 3.14. The first-order valence-electron chi connectivity index (χ1n) is 9.82. The number of nitrogens with zero attached hydrogens (tertiary/aromatic N) is 2. The molecule has 7 heteroatoms. The predicted molar refractivity (Wildman–Crippen MR) is 110 cm³/mol. The van der Waals surface area contributed by atoms with Gasteiger partial charge in [0, 0.05) is 39.4 Å². The highest BCUT2D eigenvalue weighted by Gasteiger charge is 2.24. The minimum atomic E-state index is 0.150. The minimum Gasteiger partial charge on any atom is -0.494 e. The van der Waals surface area contributed by atoms with Gasteiger partial charge >= 0.3 is 0 Å². The van der Waals surface area contributed by atoms with Gasteiger partial charge in [-0.3, -0.25) is 9.69 Å². The monoisotopic (exact) mass is 412 g/mol. The molecule has 0 N–H and O–H groups in total. The third kappa shape index (κ3) is 6.19. The summed E-state index contributed by atoms with van der Waals surface area (Å²) in [5.41, 5.74) is 0. The first kappa shape index (κ1) is 20.6. The Hall–Kier alpha value is -1.11. The molecule has 150 valence electrons. The van der Waals surface area contributed by atoms with Crippen LogP contribution in [0.1, 0.15) is 39.0 Å². The van der Waals surface area contributed by atoms with E-state index in [1.54, 1.807) is 6.92 Å². The Labute approximate surface area is 170 Å². The van der Waals surface area contributed by atoms with Gasteiger partial charge in [0.2, 0.25) is 5.91 Å². The van der Waals surface area contributed by atoms with Crippen molar-refractivity contribution in [2.75, 3.05) is 32.8 Å². The molecular formula is C20H29ClN2O3S. The second kappa shape index (κ2) is 10.4. The lowest BCUT2D eigenvalue weighted by Gasteiger charge is -2.31.